The first kappa shape index (κ1) is 26.3. The summed E-state index contributed by atoms with van der Waals surface area (Å²) in [5, 5.41) is 9.36. The lowest BCUT2D eigenvalue weighted by Crippen LogP contribution is -2.25. The Bertz CT molecular complexity index is 1420. The van der Waals surface area contributed by atoms with Gasteiger partial charge in [-0.2, -0.15) is 10.1 Å². The Morgan fingerprint density at radius 2 is 1.62 bits per heavy atom. The third-order valence-corrected chi connectivity index (χ3v) is 7.63. The number of anilines is 1. The van der Waals surface area contributed by atoms with Gasteiger partial charge in [-0.1, -0.05) is 36.0 Å². The van der Waals surface area contributed by atoms with Crippen molar-refractivity contribution < 1.29 is 23.8 Å². The minimum absolute atomic E-state index is 0.00394. The maximum Gasteiger partial charge on any atom is 0.262 e. The predicted octanol–water partition coefficient (Wildman–Crippen LogP) is 4.89. The number of hydrogen-bond donors (Lipinski definition) is 1. The average molecular weight is 545 g/mol. The Morgan fingerprint density at radius 1 is 0.949 bits per heavy atom. The van der Waals surface area contributed by atoms with Crippen molar-refractivity contribution in [1.29, 1.82) is 0 Å². The van der Waals surface area contributed by atoms with Gasteiger partial charge in [0.1, 0.15) is 22.5 Å². The number of hydrogen-bond acceptors (Lipinski definition) is 8. The molecular formula is C29H28N4O5S. The Kier molecular flexibility index (Phi) is 7.83. The molecule has 2 aliphatic rings. The van der Waals surface area contributed by atoms with Crippen molar-refractivity contribution in [2.24, 2.45) is 10.1 Å². The molecule has 3 aromatic rings. The summed E-state index contributed by atoms with van der Waals surface area (Å²) >= 11 is 1.26. The maximum atomic E-state index is 12.9. The van der Waals surface area contributed by atoms with E-state index in [1.807, 2.05) is 48.5 Å². The van der Waals surface area contributed by atoms with E-state index in [2.05, 4.69) is 10.3 Å². The lowest BCUT2D eigenvalue weighted by atomic mass is 9.98. The summed E-state index contributed by atoms with van der Waals surface area (Å²) < 4.78 is 15.9. The fourth-order valence-electron chi connectivity index (χ4n) is 4.41. The first-order valence-electron chi connectivity index (χ1n) is 12.4. The molecule has 0 spiro atoms. The second-order valence-electron chi connectivity index (χ2n) is 8.94. The Hall–Kier alpha value is -4.31. The first-order chi connectivity index (χ1) is 19.0. The molecule has 0 saturated carbocycles. The molecule has 5 rings (SSSR count). The monoisotopic (exact) mass is 544 g/mol. The van der Waals surface area contributed by atoms with Crippen LogP contribution in [0.3, 0.4) is 0 Å². The normalized spacial score (nSPS) is 18.4. The number of methoxy groups -OCH3 is 3. The second-order valence-corrected chi connectivity index (χ2v) is 10.1. The number of nitrogens with one attached hydrogen (secondary N) is 1. The minimum atomic E-state index is -0.633. The molecule has 0 unspecified atom stereocenters. The van der Waals surface area contributed by atoms with Crippen LogP contribution in [-0.4, -0.2) is 54.3 Å². The number of ether oxygens (including phenoxy) is 3. The number of aliphatic imine (C=N–C) groups is 1. The molecule has 2 heterocycles. The van der Waals surface area contributed by atoms with Crippen LogP contribution < -0.4 is 19.5 Å². The smallest absolute Gasteiger partial charge is 0.262 e. The molecule has 0 fully saturated rings. The second kappa shape index (κ2) is 11.6. The lowest BCUT2D eigenvalue weighted by molar-refractivity contribution is -0.121. The fourth-order valence-corrected chi connectivity index (χ4v) is 5.47. The number of carbonyl (C=O) groups is 2. The highest BCUT2D eigenvalue weighted by atomic mass is 32.2. The molecule has 1 N–H and O–H groups in total. The first-order valence-corrected chi connectivity index (χ1v) is 13.2. The van der Waals surface area contributed by atoms with Crippen LogP contribution in [0.4, 0.5) is 5.69 Å². The highest BCUT2D eigenvalue weighted by Crippen LogP contribution is 2.39. The summed E-state index contributed by atoms with van der Waals surface area (Å²) in [6.45, 7) is 0. The summed E-state index contributed by atoms with van der Waals surface area (Å²) in [7, 11) is 4.83. The molecule has 0 radical (unpaired) electrons. The van der Waals surface area contributed by atoms with Gasteiger partial charge in [0.25, 0.3) is 5.91 Å². The Balaban J connectivity index is 1.34. The van der Waals surface area contributed by atoms with Crippen LogP contribution in [0.25, 0.3) is 0 Å². The molecule has 10 heteroatoms. The molecule has 3 aromatic carbocycles. The Morgan fingerprint density at radius 3 is 2.28 bits per heavy atom. The number of rotatable bonds is 8. The molecule has 0 aliphatic carbocycles. The summed E-state index contributed by atoms with van der Waals surface area (Å²) in [6.07, 6.45) is 0.603. The Labute approximate surface area is 230 Å². The quantitative estimate of drug-likeness (QED) is 0.431. The largest absolute Gasteiger partial charge is 0.497 e. The number of amides is 2. The van der Waals surface area contributed by atoms with E-state index in [9.17, 15) is 9.59 Å². The van der Waals surface area contributed by atoms with Gasteiger partial charge in [-0.15, -0.1) is 0 Å². The number of amidine groups is 1. The van der Waals surface area contributed by atoms with Crippen LogP contribution in [0, 0.1) is 0 Å². The standard InChI is InChI=1S/C29H28N4O5S/c1-36-21-11-7-18(8-12-21)25-16-24(19-5-4-6-23(15-19)38-3)32-33(25)29-31-28(35)26(39-29)17-27(34)30-20-9-13-22(37-2)14-10-20/h4-15,25-26H,16-17H2,1-3H3,(H,30,34)/t25-,26-/m0/s1. The third-order valence-electron chi connectivity index (χ3n) is 6.48. The van der Waals surface area contributed by atoms with E-state index in [1.165, 1.54) is 11.8 Å². The molecule has 0 bridgehead atoms. The fraction of sp³-hybridized carbons (Fsp3) is 0.241. The zero-order valence-corrected chi connectivity index (χ0v) is 22.6. The van der Waals surface area contributed by atoms with E-state index in [0.29, 0.717) is 23.0 Å². The lowest BCUT2D eigenvalue weighted by Gasteiger charge is -2.23. The molecule has 2 atom stereocenters. The molecule has 200 valence electrons. The van der Waals surface area contributed by atoms with E-state index < -0.39 is 5.25 Å². The van der Waals surface area contributed by atoms with Gasteiger partial charge in [0, 0.05) is 24.1 Å². The van der Waals surface area contributed by atoms with Crippen molar-refractivity contribution in [1.82, 2.24) is 5.01 Å². The van der Waals surface area contributed by atoms with E-state index >= 15 is 0 Å². The van der Waals surface area contributed by atoms with Crippen LogP contribution in [-0.2, 0) is 9.59 Å². The van der Waals surface area contributed by atoms with Gasteiger partial charge in [-0.05, 0) is 54.1 Å². The van der Waals surface area contributed by atoms with Gasteiger partial charge in [0.2, 0.25) is 5.91 Å². The zero-order chi connectivity index (χ0) is 27.4. The van der Waals surface area contributed by atoms with E-state index in [1.54, 1.807) is 50.6 Å². The van der Waals surface area contributed by atoms with Gasteiger partial charge in [0.15, 0.2) is 5.17 Å². The van der Waals surface area contributed by atoms with Gasteiger partial charge in [-0.25, -0.2) is 5.01 Å². The van der Waals surface area contributed by atoms with Crippen LogP contribution >= 0.6 is 11.8 Å². The molecule has 0 aromatic heterocycles. The van der Waals surface area contributed by atoms with Crippen LogP contribution in [0.2, 0.25) is 0 Å². The molecular weight excluding hydrogens is 516 g/mol. The third kappa shape index (κ3) is 5.91. The number of hydrazone groups is 1. The van der Waals surface area contributed by atoms with Crippen molar-refractivity contribution >= 4 is 40.1 Å². The van der Waals surface area contributed by atoms with E-state index in [4.69, 9.17) is 19.3 Å². The van der Waals surface area contributed by atoms with Crippen molar-refractivity contribution in [3.63, 3.8) is 0 Å². The van der Waals surface area contributed by atoms with Crippen molar-refractivity contribution in [2.75, 3.05) is 26.6 Å². The van der Waals surface area contributed by atoms with Gasteiger partial charge in [-0.3, -0.25) is 9.59 Å². The van der Waals surface area contributed by atoms with Crippen LogP contribution in [0.5, 0.6) is 17.2 Å². The number of thioether (sulfide) groups is 1. The van der Waals surface area contributed by atoms with Crippen LogP contribution in [0.15, 0.2) is 82.9 Å². The highest BCUT2D eigenvalue weighted by Gasteiger charge is 2.39. The average Bonchev–Trinajstić information content (AvgIpc) is 3.57. The zero-order valence-electron chi connectivity index (χ0n) is 21.8. The maximum absolute atomic E-state index is 12.9. The minimum Gasteiger partial charge on any atom is -0.497 e. The number of benzene rings is 3. The van der Waals surface area contributed by atoms with Crippen molar-refractivity contribution in [3.05, 3.63) is 83.9 Å². The summed E-state index contributed by atoms with van der Waals surface area (Å²) in [5.74, 6) is 1.57. The van der Waals surface area contributed by atoms with Crippen molar-refractivity contribution in [3.8, 4) is 17.2 Å². The van der Waals surface area contributed by atoms with Gasteiger partial charge in [0.05, 0.1) is 33.1 Å². The molecule has 2 amide bonds. The van der Waals surface area contributed by atoms with Gasteiger partial charge >= 0.3 is 0 Å². The SMILES string of the molecule is COc1ccc(NC(=O)C[C@@H]2SC(N3N=C(c4cccc(OC)c4)C[C@H]3c3ccc(OC)cc3)=NC2=O)cc1. The van der Waals surface area contributed by atoms with Crippen molar-refractivity contribution in [2.45, 2.75) is 24.1 Å². The topological polar surface area (TPSA) is 102 Å². The van der Waals surface area contributed by atoms with E-state index in [0.717, 1.165) is 28.3 Å². The van der Waals surface area contributed by atoms with Crippen LogP contribution in [0.1, 0.15) is 30.0 Å². The van der Waals surface area contributed by atoms with E-state index in [-0.39, 0.29) is 24.3 Å². The molecule has 39 heavy (non-hydrogen) atoms. The highest BCUT2D eigenvalue weighted by molar-refractivity contribution is 8.15. The number of carbonyl (C=O) groups excluding carboxylic acids is 2. The molecule has 9 nitrogen and oxygen atoms in total. The summed E-state index contributed by atoms with van der Waals surface area (Å²) in [6, 6.07) is 22.4. The molecule has 0 saturated heterocycles. The summed E-state index contributed by atoms with van der Waals surface area (Å²) in [4.78, 5) is 29.9. The van der Waals surface area contributed by atoms with Gasteiger partial charge < -0.3 is 19.5 Å². The summed E-state index contributed by atoms with van der Waals surface area (Å²) in [5.41, 5.74) is 3.42. The predicted molar refractivity (Wildman–Crippen MR) is 152 cm³/mol. The molecule has 2 aliphatic heterocycles. The number of nitrogens with zero attached hydrogens (tertiary/aromatic N) is 3.